The van der Waals surface area contributed by atoms with Crippen molar-refractivity contribution >= 4 is 33.4 Å². The first-order chi connectivity index (χ1) is 12.9. The Hall–Kier alpha value is -2.14. The van der Waals surface area contributed by atoms with Gasteiger partial charge in [-0.3, -0.25) is 9.59 Å². The summed E-state index contributed by atoms with van der Waals surface area (Å²) >= 11 is 3.40. The van der Waals surface area contributed by atoms with Crippen molar-refractivity contribution < 1.29 is 9.59 Å². The lowest BCUT2D eigenvalue weighted by molar-refractivity contribution is -0.122. The van der Waals surface area contributed by atoms with Gasteiger partial charge < -0.3 is 10.6 Å². The lowest BCUT2D eigenvalue weighted by Crippen LogP contribution is -2.28. The number of benzene rings is 2. The van der Waals surface area contributed by atoms with Crippen molar-refractivity contribution in [2.24, 2.45) is 5.92 Å². The maximum atomic E-state index is 12.1. The van der Waals surface area contributed by atoms with Crippen LogP contribution in [0, 0.1) is 12.8 Å². The highest BCUT2D eigenvalue weighted by Crippen LogP contribution is 2.20. The van der Waals surface area contributed by atoms with E-state index >= 15 is 0 Å². The van der Waals surface area contributed by atoms with Gasteiger partial charge in [0.1, 0.15) is 0 Å². The first kappa shape index (κ1) is 21.2. The summed E-state index contributed by atoms with van der Waals surface area (Å²) in [5.41, 5.74) is 3.09. The zero-order chi connectivity index (χ0) is 19.6. The van der Waals surface area contributed by atoms with E-state index in [4.69, 9.17) is 0 Å². The van der Waals surface area contributed by atoms with E-state index in [-0.39, 0.29) is 18.2 Å². The number of carbonyl (C=O) groups excluding carboxylic acids is 2. The predicted octanol–water partition coefficient (Wildman–Crippen LogP) is 4.86. The van der Waals surface area contributed by atoms with E-state index in [0.29, 0.717) is 18.9 Å². The van der Waals surface area contributed by atoms with Gasteiger partial charge in [0, 0.05) is 29.5 Å². The molecule has 1 unspecified atom stereocenters. The van der Waals surface area contributed by atoms with Crippen LogP contribution in [0.1, 0.15) is 37.3 Å². The molecule has 0 spiro atoms. The van der Waals surface area contributed by atoms with Crippen LogP contribution in [0.5, 0.6) is 0 Å². The number of rotatable bonds is 9. The van der Waals surface area contributed by atoms with Crippen LogP contribution in [0.3, 0.4) is 0 Å². The smallest absolute Gasteiger partial charge is 0.226 e. The van der Waals surface area contributed by atoms with Crippen molar-refractivity contribution in [3.8, 4) is 0 Å². The number of carbonyl (C=O) groups is 2. The number of amides is 2. The van der Waals surface area contributed by atoms with Gasteiger partial charge >= 0.3 is 0 Å². The number of hydrogen-bond acceptors (Lipinski definition) is 2. The fourth-order valence-electron chi connectivity index (χ4n) is 2.81. The van der Waals surface area contributed by atoms with E-state index in [1.807, 2.05) is 43.3 Å². The average Bonchev–Trinajstić information content (AvgIpc) is 2.64. The third-order valence-corrected chi connectivity index (χ3v) is 4.94. The molecule has 144 valence electrons. The van der Waals surface area contributed by atoms with Gasteiger partial charge in [-0.25, -0.2) is 0 Å². The summed E-state index contributed by atoms with van der Waals surface area (Å²) in [4.78, 5) is 24.1. The summed E-state index contributed by atoms with van der Waals surface area (Å²) in [7, 11) is 0. The normalized spacial score (nSPS) is 11.7. The van der Waals surface area contributed by atoms with Crippen molar-refractivity contribution in [2.45, 2.75) is 39.5 Å². The summed E-state index contributed by atoms with van der Waals surface area (Å²) in [6.07, 6.45) is 2.69. The number of hydrogen-bond donors (Lipinski definition) is 2. The van der Waals surface area contributed by atoms with Gasteiger partial charge in [0.15, 0.2) is 0 Å². The van der Waals surface area contributed by atoms with E-state index in [0.717, 1.165) is 28.6 Å². The Labute approximate surface area is 169 Å². The zero-order valence-electron chi connectivity index (χ0n) is 15.9. The van der Waals surface area contributed by atoms with Crippen LogP contribution in [0.25, 0.3) is 0 Å². The Kier molecular flexibility index (Phi) is 8.52. The molecule has 0 heterocycles. The van der Waals surface area contributed by atoms with Gasteiger partial charge in [0.2, 0.25) is 11.8 Å². The molecular formula is C22H27BrN2O2. The second kappa shape index (κ2) is 10.9. The summed E-state index contributed by atoms with van der Waals surface area (Å²) in [6, 6.07) is 16.1. The average molecular weight is 431 g/mol. The molecule has 2 N–H and O–H groups in total. The standard InChI is InChI=1S/C22H27BrN2O2/c1-16(8-10-18-6-4-3-5-7-18)14-22(27)24-13-12-21(26)25-20-15-19(23)11-9-17(20)2/h3-7,9,11,15-16H,8,10,12-14H2,1-2H3,(H,24,27)(H,25,26). The van der Waals surface area contributed by atoms with Gasteiger partial charge in [0.05, 0.1) is 0 Å². The molecule has 0 aromatic heterocycles. The lowest BCUT2D eigenvalue weighted by Gasteiger charge is -2.12. The zero-order valence-corrected chi connectivity index (χ0v) is 17.5. The predicted molar refractivity (Wildman–Crippen MR) is 114 cm³/mol. The Morgan fingerprint density at radius 3 is 2.56 bits per heavy atom. The first-order valence-electron chi connectivity index (χ1n) is 9.30. The molecule has 2 rings (SSSR count). The topological polar surface area (TPSA) is 58.2 Å². The van der Waals surface area contributed by atoms with Crippen molar-refractivity contribution in [1.29, 1.82) is 0 Å². The molecule has 2 aromatic carbocycles. The largest absolute Gasteiger partial charge is 0.356 e. The summed E-state index contributed by atoms with van der Waals surface area (Å²) in [5.74, 6) is 0.207. The second-order valence-electron chi connectivity index (χ2n) is 6.94. The van der Waals surface area contributed by atoms with Gasteiger partial charge in [-0.05, 0) is 48.9 Å². The Bertz CT molecular complexity index is 762. The SMILES string of the molecule is Cc1ccc(Br)cc1NC(=O)CCNC(=O)CC(C)CCc1ccccc1. The van der Waals surface area contributed by atoms with Crippen LogP contribution in [0.15, 0.2) is 53.0 Å². The Morgan fingerprint density at radius 1 is 1.07 bits per heavy atom. The van der Waals surface area contributed by atoms with Gasteiger partial charge in [-0.2, -0.15) is 0 Å². The van der Waals surface area contributed by atoms with Crippen LogP contribution in [0.2, 0.25) is 0 Å². The van der Waals surface area contributed by atoms with Gasteiger partial charge in [-0.1, -0.05) is 59.3 Å². The molecule has 2 amide bonds. The molecule has 0 fully saturated rings. The quantitative estimate of drug-likeness (QED) is 0.596. The fraction of sp³-hybridized carbons (Fsp3) is 0.364. The summed E-state index contributed by atoms with van der Waals surface area (Å²) in [5, 5.41) is 5.73. The maximum Gasteiger partial charge on any atom is 0.226 e. The van der Waals surface area contributed by atoms with Crippen molar-refractivity contribution in [3.05, 3.63) is 64.1 Å². The third-order valence-electron chi connectivity index (χ3n) is 4.45. The van der Waals surface area contributed by atoms with Crippen molar-refractivity contribution in [1.82, 2.24) is 5.32 Å². The van der Waals surface area contributed by atoms with Crippen molar-refractivity contribution in [2.75, 3.05) is 11.9 Å². The van der Waals surface area contributed by atoms with E-state index < -0.39 is 0 Å². The molecule has 4 nitrogen and oxygen atoms in total. The molecule has 0 saturated carbocycles. The Morgan fingerprint density at radius 2 is 1.81 bits per heavy atom. The fourth-order valence-corrected chi connectivity index (χ4v) is 3.17. The summed E-state index contributed by atoms with van der Waals surface area (Å²) in [6.45, 7) is 4.38. The molecule has 27 heavy (non-hydrogen) atoms. The lowest BCUT2D eigenvalue weighted by atomic mass is 9.98. The molecule has 0 aliphatic heterocycles. The van der Waals surface area contributed by atoms with Crippen LogP contribution >= 0.6 is 15.9 Å². The number of nitrogens with one attached hydrogen (secondary N) is 2. The van der Waals surface area contributed by atoms with E-state index in [9.17, 15) is 9.59 Å². The summed E-state index contributed by atoms with van der Waals surface area (Å²) < 4.78 is 0.918. The molecule has 0 aliphatic rings. The van der Waals surface area contributed by atoms with Gasteiger partial charge in [-0.15, -0.1) is 0 Å². The Balaban J connectivity index is 1.64. The number of aryl methyl sites for hydroxylation is 2. The highest BCUT2D eigenvalue weighted by molar-refractivity contribution is 9.10. The minimum absolute atomic E-state index is 0.00185. The maximum absolute atomic E-state index is 12.1. The molecule has 0 aliphatic carbocycles. The highest BCUT2D eigenvalue weighted by atomic mass is 79.9. The van der Waals surface area contributed by atoms with Crippen LogP contribution in [-0.2, 0) is 16.0 Å². The monoisotopic (exact) mass is 430 g/mol. The molecule has 1 atom stereocenters. The number of anilines is 1. The van der Waals surface area contributed by atoms with Crippen LogP contribution < -0.4 is 10.6 Å². The first-order valence-corrected chi connectivity index (χ1v) is 10.1. The van der Waals surface area contributed by atoms with Crippen LogP contribution in [-0.4, -0.2) is 18.4 Å². The third kappa shape index (κ3) is 7.95. The van der Waals surface area contributed by atoms with E-state index in [1.165, 1.54) is 5.56 Å². The van der Waals surface area contributed by atoms with E-state index in [1.54, 1.807) is 0 Å². The molecule has 5 heteroatoms. The van der Waals surface area contributed by atoms with Crippen molar-refractivity contribution in [3.63, 3.8) is 0 Å². The minimum atomic E-state index is -0.103. The van der Waals surface area contributed by atoms with Crippen LogP contribution in [0.4, 0.5) is 5.69 Å². The number of halogens is 1. The van der Waals surface area contributed by atoms with Gasteiger partial charge in [0.25, 0.3) is 0 Å². The molecule has 2 aromatic rings. The van der Waals surface area contributed by atoms with E-state index in [2.05, 4.69) is 45.6 Å². The molecule has 0 radical (unpaired) electrons. The minimum Gasteiger partial charge on any atom is -0.356 e. The molecule has 0 saturated heterocycles. The molecular weight excluding hydrogens is 404 g/mol. The second-order valence-corrected chi connectivity index (χ2v) is 7.86. The highest BCUT2D eigenvalue weighted by Gasteiger charge is 2.10. The molecule has 0 bridgehead atoms.